The molecule has 0 aliphatic carbocycles. The van der Waals surface area contributed by atoms with Crippen LogP contribution in [-0.2, 0) is 45.4 Å². The molecule has 0 saturated heterocycles. The third-order valence-electron chi connectivity index (χ3n) is 20.0. The highest BCUT2D eigenvalue weighted by atomic mass is 16.5. The second kappa shape index (κ2) is 31.3. The minimum absolute atomic E-state index is 0.0561. The van der Waals surface area contributed by atoms with Gasteiger partial charge in [0.15, 0.2) is 28.8 Å². The van der Waals surface area contributed by atoms with E-state index in [-0.39, 0.29) is 38.1 Å². The molecule has 17 rings (SSSR count). The third kappa shape index (κ3) is 14.6. The summed E-state index contributed by atoms with van der Waals surface area (Å²) in [6.07, 6.45) is 0. The first-order valence-electron chi connectivity index (χ1n) is 36.6. The van der Waals surface area contributed by atoms with Crippen molar-refractivity contribution < 1.29 is 38.1 Å². The zero-order valence-electron chi connectivity index (χ0n) is 60.8. The Labute approximate surface area is 654 Å². The van der Waals surface area contributed by atoms with E-state index >= 15 is 0 Å². The van der Waals surface area contributed by atoms with Crippen molar-refractivity contribution in [2.45, 2.75) is 26.4 Å². The van der Waals surface area contributed by atoms with Crippen LogP contribution in [0.1, 0.15) is 69.2 Å². The van der Waals surface area contributed by atoms with E-state index < -0.39 is 23.9 Å². The molecule has 0 atom stereocenters. The molecule has 0 fully saturated rings. The number of nitriles is 1. The molecule has 0 spiro atoms. The van der Waals surface area contributed by atoms with Crippen LogP contribution in [0, 0.1) is 24.5 Å². The van der Waals surface area contributed by atoms with Crippen molar-refractivity contribution in [2.75, 3.05) is 0 Å². The van der Waals surface area contributed by atoms with Gasteiger partial charge in [-0.3, -0.25) is 0 Å². The van der Waals surface area contributed by atoms with Crippen molar-refractivity contribution in [2.24, 2.45) is 0 Å². The fraction of sp³-hybridized carbons (Fsp3) is 0.0408. The molecule has 0 radical (unpaired) electrons. The Morgan fingerprint density at radius 2 is 0.623 bits per heavy atom. The number of hydrogen-bond acceptors (Lipinski definition) is 12. The molecule has 3 heterocycles. The van der Waals surface area contributed by atoms with Crippen LogP contribution in [0.3, 0.4) is 0 Å². The summed E-state index contributed by atoms with van der Waals surface area (Å²) in [5.41, 5.74) is 16.1. The Kier molecular flexibility index (Phi) is 19.5. The van der Waals surface area contributed by atoms with Crippen LogP contribution in [-0.4, -0.2) is 48.0 Å². The first-order valence-corrected chi connectivity index (χ1v) is 36.6. The zero-order chi connectivity index (χ0) is 77.6. The monoisotopic (exact) mass is 1480 g/mol. The summed E-state index contributed by atoms with van der Waals surface area (Å²) in [6.45, 7) is 16.2. The number of esters is 4. The summed E-state index contributed by atoms with van der Waals surface area (Å²) >= 11 is 0. The second-order valence-corrected chi connectivity index (χ2v) is 27.2. The molecule has 542 valence electrons. The average molecular weight is 1480 g/mol. The van der Waals surface area contributed by atoms with E-state index in [2.05, 4.69) is 24.9 Å². The lowest BCUT2D eigenvalue weighted by Gasteiger charge is -2.17. The molecule has 16 heteroatoms. The molecular formula is C98H62N8O8. The van der Waals surface area contributed by atoms with Gasteiger partial charge in [-0.2, -0.15) is 5.26 Å². The standard InChI is InChI=1S/C98H62N8O8/c1-100-78-30-16-27-69(49-78)67-32-34-68(35-33-67)92-102-93(72-36-42-86(80(51-72)70-28-15-26-66(48-70)57-99)105-88-44-38-74(95(107)111-58-62-18-7-3-8-19-62)53-82(88)83-54-75(39-45-89(83)105)96(108)112-59-63-20-9-4-10-21-63)104-94(103-92)73-37-43-87(81(52-73)71-29-17-31-79(50-71)101-2)106-90-46-40-76(97(109)113-60-64-22-11-5-12-23-64)55-84(90)85-56-77(41-47-91(85)106)98(110)114-61-65-24-13-6-14-25-65/h3-56H,58-61H2. The van der Waals surface area contributed by atoms with Crippen LogP contribution < -0.4 is 0 Å². The largest absolute Gasteiger partial charge is 0.457 e. The molecule has 0 N–H and O–H groups in total. The van der Waals surface area contributed by atoms with E-state index in [0.29, 0.717) is 139 Å². The van der Waals surface area contributed by atoms with E-state index in [1.165, 1.54) is 0 Å². The normalized spacial score (nSPS) is 11.1. The minimum Gasteiger partial charge on any atom is -0.457 e. The molecule has 0 saturated carbocycles. The van der Waals surface area contributed by atoms with Gasteiger partial charge in [0.2, 0.25) is 0 Å². The summed E-state index contributed by atoms with van der Waals surface area (Å²) in [5.74, 6) is -1.24. The SMILES string of the molecule is [C-]#[N+]c1cccc(-c2ccc(-c3nc(-c4ccc(-n5c6ccc(C(=O)OCc7ccccc7)cc6c6cc(C(=O)OCc7ccccc7)ccc65)c(-c5cccc(C#N)c5)c4)nc(-c4ccc(-n5c6ccc(C(=O)OCc7ccccc7)cc6c6cc(C(=O)OCc7ccccc7)ccc65)c(-c5cccc([N+]#[C-])c5)c4)n3)cc2)c1. The van der Waals surface area contributed by atoms with Crippen LogP contribution in [0.15, 0.2) is 328 Å². The molecule has 0 amide bonds. The maximum absolute atomic E-state index is 14.1. The quantitative estimate of drug-likeness (QED) is 0.0400. The van der Waals surface area contributed by atoms with E-state index in [1.807, 2.05) is 261 Å². The molecular weight excluding hydrogens is 1420 g/mol. The zero-order valence-corrected chi connectivity index (χ0v) is 60.8. The third-order valence-corrected chi connectivity index (χ3v) is 20.0. The van der Waals surface area contributed by atoms with Gasteiger partial charge in [-0.15, -0.1) is 0 Å². The summed E-state index contributed by atoms with van der Waals surface area (Å²) < 4.78 is 27.7. The van der Waals surface area contributed by atoms with Crippen molar-refractivity contribution in [3.05, 3.63) is 400 Å². The lowest BCUT2D eigenvalue weighted by molar-refractivity contribution is 0.0464. The van der Waals surface area contributed by atoms with E-state index in [1.54, 1.807) is 66.7 Å². The van der Waals surface area contributed by atoms with Crippen LogP contribution in [0.2, 0.25) is 0 Å². The average Bonchev–Trinajstić information content (AvgIpc) is 1.58. The topological polar surface area (TPSA) is 186 Å². The smallest absolute Gasteiger partial charge is 0.338 e. The molecule has 17 aromatic rings. The molecule has 0 aliphatic rings. The van der Waals surface area contributed by atoms with Gasteiger partial charge in [-0.05, 0) is 178 Å². The van der Waals surface area contributed by atoms with Crippen LogP contribution in [0.5, 0.6) is 0 Å². The van der Waals surface area contributed by atoms with Gasteiger partial charge < -0.3 is 28.1 Å². The summed E-state index contributed by atoms with van der Waals surface area (Å²) in [4.78, 5) is 79.9. The van der Waals surface area contributed by atoms with Crippen molar-refractivity contribution in [1.82, 2.24) is 24.1 Å². The van der Waals surface area contributed by atoms with Crippen molar-refractivity contribution >= 4 is 78.9 Å². The fourth-order valence-corrected chi connectivity index (χ4v) is 14.3. The van der Waals surface area contributed by atoms with Gasteiger partial charge >= 0.3 is 23.9 Å². The lowest BCUT2D eigenvalue weighted by Crippen LogP contribution is -2.05. The Morgan fingerprint density at radius 1 is 0.307 bits per heavy atom. The summed E-state index contributed by atoms with van der Waals surface area (Å²) in [7, 11) is 0. The van der Waals surface area contributed by atoms with Crippen molar-refractivity contribution in [1.29, 1.82) is 5.26 Å². The summed E-state index contributed by atoms with van der Waals surface area (Å²) in [6, 6.07) is 103. The van der Waals surface area contributed by atoms with Gasteiger partial charge in [0.1, 0.15) is 26.4 Å². The number of rotatable bonds is 20. The lowest BCUT2D eigenvalue weighted by atomic mass is 9.98. The minimum atomic E-state index is -0.535. The second-order valence-electron chi connectivity index (χ2n) is 27.2. The number of carbonyl (C=O) groups is 4. The molecule has 0 bridgehead atoms. The molecule has 14 aromatic carbocycles. The summed E-state index contributed by atoms with van der Waals surface area (Å²) in [5, 5.41) is 13.1. The van der Waals surface area contributed by atoms with Crippen LogP contribution >= 0.6 is 0 Å². The molecule has 0 unspecified atom stereocenters. The van der Waals surface area contributed by atoms with Crippen molar-refractivity contribution in [3.8, 4) is 85.0 Å². The Balaban J connectivity index is 0.835. The van der Waals surface area contributed by atoms with Gasteiger partial charge in [-0.25, -0.2) is 43.8 Å². The number of fused-ring (bicyclic) bond motifs is 6. The molecule has 0 aliphatic heterocycles. The molecule has 114 heavy (non-hydrogen) atoms. The first kappa shape index (κ1) is 71.0. The number of hydrogen-bond donors (Lipinski definition) is 0. The van der Waals surface area contributed by atoms with E-state index in [9.17, 15) is 24.4 Å². The van der Waals surface area contributed by atoms with E-state index in [4.69, 9.17) is 47.0 Å². The van der Waals surface area contributed by atoms with Gasteiger partial charge in [0.05, 0.1) is 80.5 Å². The first-order chi connectivity index (χ1) is 56.0. The predicted octanol–water partition coefficient (Wildman–Crippen LogP) is 22.5. The highest BCUT2D eigenvalue weighted by Crippen LogP contribution is 2.43. The maximum atomic E-state index is 14.1. The predicted molar refractivity (Wildman–Crippen MR) is 441 cm³/mol. The van der Waals surface area contributed by atoms with Gasteiger partial charge in [0, 0.05) is 49.4 Å². The number of nitrogens with zero attached hydrogens (tertiary/aromatic N) is 8. The van der Waals surface area contributed by atoms with Crippen LogP contribution in [0.4, 0.5) is 11.4 Å². The van der Waals surface area contributed by atoms with Gasteiger partial charge in [-0.1, -0.05) is 194 Å². The number of carbonyl (C=O) groups excluding carboxylic acids is 4. The number of ether oxygens (including phenoxy) is 4. The molecule has 16 nitrogen and oxygen atoms in total. The van der Waals surface area contributed by atoms with Crippen molar-refractivity contribution in [3.63, 3.8) is 0 Å². The Morgan fingerprint density at radius 3 is 0.982 bits per heavy atom. The Bertz CT molecular complexity index is 6220. The highest BCUT2D eigenvalue weighted by molar-refractivity contribution is 6.15. The van der Waals surface area contributed by atoms with E-state index in [0.717, 1.165) is 33.4 Å². The van der Waals surface area contributed by atoms with Gasteiger partial charge in [0.25, 0.3) is 0 Å². The molecule has 3 aromatic heterocycles. The maximum Gasteiger partial charge on any atom is 0.338 e. The Hall–Kier alpha value is -16.0. The van der Waals surface area contributed by atoms with Crippen LogP contribution in [0.25, 0.3) is 132 Å². The highest BCUT2D eigenvalue weighted by Gasteiger charge is 2.26. The fourth-order valence-electron chi connectivity index (χ4n) is 14.3. The number of aromatic nitrogens is 5. The number of benzene rings is 14.